The van der Waals surface area contributed by atoms with E-state index in [1.807, 2.05) is 12.1 Å². The maximum atomic E-state index is 11.1. The van der Waals surface area contributed by atoms with Crippen LogP contribution in [0.4, 0.5) is 0 Å². The minimum atomic E-state index is -0.115. The van der Waals surface area contributed by atoms with Gasteiger partial charge in [0.25, 0.3) is 0 Å². The van der Waals surface area contributed by atoms with Gasteiger partial charge in [-0.2, -0.15) is 0 Å². The quantitative estimate of drug-likeness (QED) is 0.619. The fraction of sp³-hybridized carbons (Fsp3) is 0.444. The van der Waals surface area contributed by atoms with Gasteiger partial charge in [0, 0.05) is 13.1 Å². The third kappa shape index (κ3) is 2.66. The van der Waals surface area contributed by atoms with Crippen molar-refractivity contribution < 1.29 is 9.53 Å². The first kappa shape index (κ1) is 11.3. The topological polar surface area (TPSA) is 29.5 Å². The lowest BCUT2D eigenvalue weighted by molar-refractivity contribution is -0.148. The van der Waals surface area contributed by atoms with Gasteiger partial charge in [-0.15, -0.1) is 11.3 Å². The smallest absolute Gasteiger partial charge is 0.311 e. The zero-order valence-electron chi connectivity index (χ0n) is 8.10. The Bertz CT molecular complexity index is 363. The number of rotatable bonds is 3. The van der Waals surface area contributed by atoms with Gasteiger partial charge >= 0.3 is 5.97 Å². The van der Waals surface area contributed by atoms with Crippen molar-refractivity contribution in [2.75, 3.05) is 20.2 Å². The van der Waals surface area contributed by atoms with Gasteiger partial charge in [-0.3, -0.25) is 4.79 Å². The zero-order valence-corrected chi connectivity index (χ0v) is 10.5. The van der Waals surface area contributed by atoms with Crippen LogP contribution in [0.3, 0.4) is 0 Å². The molecule has 0 aliphatic carbocycles. The normalized spacial score (nSPS) is 17.5. The predicted octanol–water partition coefficient (Wildman–Crippen LogP) is 2.51. The number of carbonyl (C=O) groups excluding carboxylic acids is 1. The summed E-state index contributed by atoms with van der Waals surface area (Å²) in [6.07, 6.45) is 0. The van der Waals surface area contributed by atoms with E-state index in [0.29, 0.717) is 0 Å². The molecule has 0 amide bonds. The Balaban J connectivity index is 1.79. The summed E-state index contributed by atoms with van der Waals surface area (Å²) in [4.78, 5) is 11.1. The molecule has 2 rings (SSSR count). The van der Waals surface area contributed by atoms with Crippen LogP contribution in [0, 0.1) is 5.92 Å². The summed E-state index contributed by atoms with van der Waals surface area (Å²) in [6.45, 7) is 1.51. The van der Waals surface area contributed by atoms with Crippen LogP contribution in [0.5, 0.6) is 0 Å². The number of halogens is 1. The molecule has 3 nitrogen and oxygen atoms in total. The van der Waals surface area contributed by atoms with Crippen molar-refractivity contribution in [3.05, 3.63) is 16.5 Å². The van der Waals surface area contributed by atoms with Crippen molar-refractivity contribution in [2.24, 2.45) is 5.92 Å². The third-order valence-electron chi connectivity index (χ3n) is 2.15. The van der Waals surface area contributed by atoms with Crippen LogP contribution in [-0.4, -0.2) is 30.5 Å². The maximum absolute atomic E-state index is 11.1. The van der Waals surface area contributed by atoms with Gasteiger partial charge in [0.2, 0.25) is 0 Å². The average Bonchev–Trinajstić information content (AvgIpc) is 2.56. The molecule has 15 heavy (non-hydrogen) atoms. The summed E-state index contributed by atoms with van der Waals surface area (Å²) in [5.41, 5.74) is 0. The van der Waals surface area contributed by atoms with Gasteiger partial charge in [-0.1, -0.05) is 11.6 Å². The summed E-state index contributed by atoms with van der Waals surface area (Å²) >= 11 is 9.01. The molecule has 0 aromatic carbocycles. The molecule has 2 heterocycles. The van der Waals surface area contributed by atoms with E-state index in [1.54, 1.807) is 23.3 Å². The number of ether oxygens (including phenoxy) is 1. The van der Waals surface area contributed by atoms with Gasteiger partial charge in [0.05, 0.1) is 21.6 Å². The van der Waals surface area contributed by atoms with Crippen LogP contribution in [0.15, 0.2) is 16.3 Å². The van der Waals surface area contributed by atoms with Crippen molar-refractivity contribution in [1.82, 2.24) is 4.31 Å². The van der Waals surface area contributed by atoms with Crippen LogP contribution in [0.1, 0.15) is 0 Å². The fourth-order valence-corrected chi connectivity index (χ4v) is 3.84. The molecule has 0 spiro atoms. The number of hydrogen-bond acceptors (Lipinski definition) is 5. The first-order valence-electron chi connectivity index (χ1n) is 4.45. The van der Waals surface area contributed by atoms with Crippen LogP contribution in [0.2, 0.25) is 4.34 Å². The lowest BCUT2D eigenvalue weighted by Gasteiger charge is -2.35. The van der Waals surface area contributed by atoms with Gasteiger partial charge in [0.15, 0.2) is 0 Å². The van der Waals surface area contributed by atoms with E-state index in [9.17, 15) is 4.79 Å². The molecule has 0 saturated carbocycles. The Morgan fingerprint density at radius 3 is 2.93 bits per heavy atom. The highest BCUT2D eigenvalue weighted by Crippen LogP contribution is 2.36. The maximum Gasteiger partial charge on any atom is 0.311 e. The molecule has 6 heteroatoms. The highest BCUT2D eigenvalue weighted by atomic mass is 35.5. The van der Waals surface area contributed by atoms with E-state index in [2.05, 4.69) is 9.04 Å². The number of thiophene rings is 1. The number of nitrogens with zero attached hydrogens (tertiary/aromatic N) is 1. The minimum Gasteiger partial charge on any atom is -0.469 e. The van der Waals surface area contributed by atoms with E-state index >= 15 is 0 Å². The molecule has 1 aromatic heterocycles. The van der Waals surface area contributed by atoms with Crippen LogP contribution in [-0.2, 0) is 9.53 Å². The Labute approximate surface area is 101 Å². The lowest BCUT2D eigenvalue weighted by Crippen LogP contribution is -2.46. The largest absolute Gasteiger partial charge is 0.469 e. The molecular formula is C9H10ClNO2S2. The molecule has 1 fully saturated rings. The Morgan fingerprint density at radius 2 is 2.40 bits per heavy atom. The Kier molecular flexibility index (Phi) is 3.56. The first-order chi connectivity index (χ1) is 7.19. The molecule has 0 N–H and O–H groups in total. The molecular weight excluding hydrogens is 254 g/mol. The zero-order chi connectivity index (χ0) is 10.8. The van der Waals surface area contributed by atoms with E-state index in [-0.39, 0.29) is 11.9 Å². The van der Waals surface area contributed by atoms with E-state index in [0.717, 1.165) is 21.6 Å². The summed E-state index contributed by atoms with van der Waals surface area (Å²) in [5.74, 6) is -0.0750. The van der Waals surface area contributed by atoms with Crippen LogP contribution >= 0.6 is 34.9 Å². The minimum absolute atomic E-state index is 0.0398. The summed E-state index contributed by atoms with van der Waals surface area (Å²) in [5, 5.41) is 0. The van der Waals surface area contributed by atoms with Crippen molar-refractivity contribution in [1.29, 1.82) is 0 Å². The van der Waals surface area contributed by atoms with Gasteiger partial charge in [0.1, 0.15) is 0 Å². The van der Waals surface area contributed by atoms with Gasteiger partial charge in [-0.25, -0.2) is 4.31 Å². The standard InChI is InChI=1S/C9H10ClNO2S2/c1-13-9(12)6-4-11(5-6)15-8-3-2-7(10)14-8/h2-3,6H,4-5H2,1H3. The van der Waals surface area contributed by atoms with E-state index < -0.39 is 0 Å². The Morgan fingerprint density at radius 1 is 1.67 bits per heavy atom. The number of carbonyl (C=O) groups is 1. The van der Waals surface area contributed by atoms with Crippen LogP contribution in [0.25, 0.3) is 0 Å². The van der Waals surface area contributed by atoms with Gasteiger partial charge < -0.3 is 4.74 Å². The highest BCUT2D eigenvalue weighted by Gasteiger charge is 2.34. The molecule has 0 unspecified atom stereocenters. The predicted molar refractivity (Wildman–Crippen MR) is 62.3 cm³/mol. The molecule has 1 aromatic rings. The number of methoxy groups -OCH3 is 1. The average molecular weight is 264 g/mol. The second-order valence-corrected chi connectivity index (χ2v) is 6.33. The SMILES string of the molecule is COC(=O)C1CN(Sc2ccc(Cl)s2)C1. The molecule has 1 aliphatic heterocycles. The summed E-state index contributed by atoms with van der Waals surface area (Å²) < 4.78 is 8.74. The molecule has 1 aliphatic rings. The van der Waals surface area contributed by atoms with Crippen molar-refractivity contribution in [2.45, 2.75) is 4.21 Å². The molecule has 0 radical (unpaired) electrons. The van der Waals surface area contributed by atoms with Crippen LogP contribution < -0.4 is 0 Å². The monoisotopic (exact) mass is 263 g/mol. The highest BCUT2D eigenvalue weighted by molar-refractivity contribution is 7.99. The van der Waals surface area contributed by atoms with Gasteiger partial charge in [-0.05, 0) is 24.1 Å². The fourth-order valence-electron chi connectivity index (χ4n) is 1.30. The lowest BCUT2D eigenvalue weighted by atomic mass is 10.0. The summed E-state index contributed by atoms with van der Waals surface area (Å²) in [6, 6.07) is 3.87. The first-order valence-corrected chi connectivity index (χ1v) is 6.42. The Hall–Kier alpha value is -0.230. The van der Waals surface area contributed by atoms with Crippen molar-refractivity contribution in [3.63, 3.8) is 0 Å². The van der Waals surface area contributed by atoms with E-state index in [4.69, 9.17) is 11.6 Å². The third-order valence-corrected chi connectivity index (χ3v) is 4.52. The second kappa shape index (κ2) is 4.74. The number of hydrogen-bond donors (Lipinski definition) is 0. The van der Waals surface area contributed by atoms with Crippen molar-refractivity contribution in [3.8, 4) is 0 Å². The molecule has 1 saturated heterocycles. The molecule has 0 atom stereocenters. The molecule has 0 bridgehead atoms. The second-order valence-electron chi connectivity index (χ2n) is 3.22. The number of esters is 1. The molecule has 82 valence electrons. The summed E-state index contributed by atoms with van der Waals surface area (Å²) in [7, 11) is 1.43. The van der Waals surface area contributed by atoms with E-state index in [1.165, 1.54) is 7.11 Å². The van der Waals surface area contributed by atoms with Crippen molar-refractivity contribution >= 4 is 40.9 Å².